The van der Waals surface area contributed by atoms with Crippen molar-refractivity contribution in [3.05, 3.63) is 112 Å². The highest BCUT2D eigenvalue weighted by molar-refractivity contribution is 5.88. The van der Waals surface area contributed by atoms with Gasteiger partial charge in [0.2, 0.25) is 11.7 Å². The number of aromatic nitrogens is 6. The molecule has 5 rings (SSSR count). The van der Waals surface area contributed by atoms with E-state index >= 15 is 0 Å². The fourth-order valence-electron chi connectivity index (χ4n) is 4.85. The zero-order chi connectivity index (χ0) is 28.1. The first kappa shape index (κ1) is 26.7. The van der Waals surface area contributed by atoms with E-state index in [2.05, 4.69) is 34.5 Å². The van der Waals surface area contributed by atoms with Crippen molar-refractivity contribution in [2.24, 2.45) is 5.92 Å². The summed E-state index contributed by atoms with van der Waals surface area (Å²) >= 11 is 0. The number of rotatable bonds is 10. The van der Waals surface area contributed by atoms with Gasteiger partial charge in [-0.3, -0.25) is 14.2 Å². The maximum absolute atomic E-state index is 13.6. The summed E-state index contributed by atoms with van der Waals surface area (Å²) in [4.78, 5) is 39.2. The standard InChI is InChI=1S/C31H30N6O3/c1-21(2)12-17-27-28(20-38)37(29(39)18-22-8-4-3-5-9-22)31(40)36(27)19-23-13-15-24(16-14-23)25-10-6-7-11-26(25)30-32-34-35-33-30/h3-11,13-16,20-21H,12,17-19H2,1-2H3,(H,32,33,34,35). The highest BCUT2D eigenvalue weighted by Gasteiger charge is 2.24. The smallest absolute Gasteiger partial charge is 0.296 e. The molecule has 202 valence electrons. The molecule has 2 aromatic heterocycles. The minimum atomic E-state index is -0.492. The lowest BCUT2D eigenvalue weighted by Crippen LogP contribution is -2.31. The third kappa shape index (κ3) is 5.58. The molecule has 0 atom stereocenters. The molecule has 40 heavy (non-hydrogen) atoms. The van der Waals surface area contributed by atoms with Gasteiger partial charge in [-0.15, -0.1) is 10.2 Å². The Morgan fingerprint density at radius 3 is 2.27 bits per heavy atom. The number of nitrogens with one attached hydrogen (secondary N) is 1. The van der Waals surface area contributed by atoms with E-state index in [1.807, 2.05) is 78.9 Å². The molecule has 0 saturated heterocycles. The van der Waals surface area contributed by atoms with Gasteiger partial charge in [0, 0.05) is 5.56 Å². The Labute approximate surface area is 231 Å². The Bertz CT molecular complexity index is 1670. The summed E-state index contributed by atoms with van der Waals surface area (Å²) in [6.07, 6.45) is 1.96. The molecule has 0 spiro atoms. The fourth-order valence-corrected chi connectivity index (χ4v) is 4.85. The zero-order valence-corrected chi connectivity index (χ0v) is 22.4. The number of imidazole rings is 1. The lowest BCUT2D eigenvalue weighted by Gasteiger charge is -2.11. The number of aromatic amines is 1. The van der Waals surface area contributed by atoms with Gasteiger partial charge >= 0.3 is 5.69 Å². The molecular formula is C31H30N6O3. The molecule has 9 nitrogen and oxygen atoms in total. The monoisotopic (exact) mass is 534 g/mol. The van der Waals surface area contributed by atoms with Crippen molar-refractivity contribution in [1.29, 1.82) is 0 Å². The number of nitrogens with zero attached hydrogens (tertiary/aromatic N) is 5. The highest BCUT2D eigenvalue weighted by Crippen LogP contribution is 2.30. The number of carbonyl (C=O) groups is 2. The average molecular weight is 535 g/mol. The van der Waals surface area contributed by atoms with Crippen molar-refractivity contribution < 1.29 is 9.59 Å². The van der Waals surface area contributed by atoms with Gasteiger partial charge in [0.1, 0.15) is 5.69 Å². The average Bonchev–Trinajstić information content (AvgIpc) is 3.60. The first-order chi connectivity index (χ1) is 19.5. The second kappa shape index (κ2) is 11.9. The molecular weight excluding hydrogens is 504 g/mol. The van der Waals surface area contributed by atoms with Crippen molar-refractivity contribution in [3.8, 4) is 22.5 Å². The van der Waals surface area contributed by atoms with E-state index in [1.165, 1.54) is 0 Å². The first-order valence-electron chi connectivity index (χ1n) is 13.2. The SMILES string of the molecule is CC(C)CCc1c(C=O)n(C(=O)Cc2ccccc2)c(=O)n1Cc1ccc(-c2ccccc2-c2nn[nH]n2)cc1. The quantitative estimate of drug-likeness (QED) is 0.257. The largest absolute Gasteiger partial charge is 0.336 e. The molecule has 0 fully saturated rings. The van der Waals surface area contributed by atoms with E-state index in [-0.39, 0.29) is 18.7 Å². The van der Waals surface area contributed by atoms with E-state index < -0.39 is 11.6 Å². The minimum Gasteiger partial charge on any atom is -0.296 e. The van der Waals surface area contributed by atoms with Crippen molar-refractivity contribution in [2.45, 2.75) is 39.7 Å². The predicted octanol–water partition coefficient (Wildman–Crippen LogP) is 4.83. The highest BCUT2D eigenvalue weighted by atomic mass is 16.2. The van der Waals surface area contributed by atoms with E-state index in [9.17, 15) is 14.4 Å². The second-order valence-electron chi connectivity index (χ2n) is 10.1. The Kier molecular flexibility index (Phi) is 7.91. The molecule has 0 bridgehead atoms. The van der Waals surface area contributed by atoms with Crippen molar-refractivity contribution >= 4 is 12.2 Å². The summed E-state index contributed by atoms with van der Waals surface area (Å²) in [6, 6.07) is 24.9. The van der Waals surface area contributed by atoms with Crippen molar-refractivity contribution in [2.75, 3.05) is 0 Å². The molecule has 1 N–H and O–H groups in total. The predicted molar refractivity (Wildman–Crippen MR) is 152 cm³/mol. The summed E-state index contributed by atoms with van der Waals surface area (Å²) in [6.45, 7) is 4.42. The number of aldehydes is 1. The maximum Gasteiger partial charge on any atom is 0.336 e. The van der Waals surface area contributed by atoms with Crippen LogP contribution in [0.25, 0.3) is 22.5 Å². The number of tetrazole rings is 1. The van der Waals surface area contributed by atoms with Crippen LogP contribution >= 0.6 is 0 Å². The molecule has 0 aliphatic rings. The number of H-pyrrole nitrogens is 1. The topological polar surface area (TPSA) is 116 Å². The Hall–Kier alpha value is -4.92. The van der Waals surface area contributed by atoms with Crippen LogP contribution in [0.2, 0.25) is 0 Å². The zero-order valence-electron chi connectivity index (χ0n) is 22.4. The lowest BCUT2D eigenvalue weighted by atomic mass is 9.98. The van der Waals surface area contributed by atoms with Gasteiger partial charge in [0.25, 0.3) is 0 Å². The van der Waals surface area contributed by atoms with Gasteiger partial charge < -0.3 is 0 Å². The molecule has 0 aliphatic heterocycles. The van der Waals surface area contributed by atoms with Crippen molar-refractivity contribution in [1.82, 2.24) is 29.8 Å². The van der Waals surface area contributed by atoms with Crippen LogP contribution in [0.3, 0.4) is 0 Å². The van der Waals surface area contributed by atoms with Crippen molar-refractivity contribution in [3.63, 3.8) is 0 Å². The van der Waals surface area contributed by atoms with Crippen LogP contribution in [0.1, 0.15) is 52.4 Å². The second-order valence-corrected chi connectivity index (χ2v) is 10.1. The number of hydrogen-bond acceptors (Lipinski definition) is 6. The molecule has 0 amide bonds. The molecule has 3 aromatic carbocycles. The first-order valence-corrected chi connectivity index (χ1v) is 13.2. The van der Waals surface area contributed by atoms with Gasteiger partial charge in [-0.25, -0.2) is 9.36 Å². The van der Waals surface area contributed by atoms with Gasteiger partial charge in [-0.2, -0.15) is 5.21 Å². The summed E-state index contributed by atoms with van der Waals surface area (Å²) < 4.78 is 2.61. The molecule has 5 aromatic rings. The third-order valence-electron chi connectivity index (χ3n) is 6.92. The van der Waals surface area contributed by atoms with Gasteiger partial charge in [0.15, 0.2) is 6.29 Å². The Morgan fingerprint density at radius 1 is 0.925 bits per heavy atom. The van der Waals surface area contributed by atoms with E-state index in [1.54, 1.807) is 4.57 Å². The summed E-state index contributed by atoms with van der Waals surface area (Å²) in [5.74, 6) is 0.449. The van der Waals surface area contributed by atoms with Gasteiger partial charge in [0.05, 0.1) is 18.7 Å². The molecule has 2 heterocycles. The molecule has 0 aliphatic carbocycles. The molecule has 0 unspecified atom stereocenters. The molecule has 0 saturated carbocycles. The Balaban J connectivity index is 1.49. The Morgan fingerprint density at radius 2 is 1.62 bits per heavy atom. The lowest BCUT2D eigenvalue weighted by molar-refractivity contribution is 0.0898. The number of carbonyl (C=O) groups excluding carboxylic acids is 2. The van der Waals surface area contributed by atoms with Gasteiger partial charge in [-0.05, 0) is 46.2 Å². The fraction of sp³-hybridized carbons (Fsp3) is 0.226. The van der Waals surface area contributed by atoms with E-state index in [0.717, 1.165) is 38.8 Å². The number of hydrogen-bond donors (Lipinski definition) is 1. The summed E-state index contributed by atoms with van der Waals surface area (Å²) in [5, 5.41) is 14.4. The van der Waals surface area contributed by atoms with Gasteiger partial charge in [-0.1, -0.05) is 92.7 Å². The van der Waals surface area contributed by atoms with E-state index in [4.69, 9.17) is 0 Å². The van der Waals surface area contributed by atoms with Crippen LogP contribution in [0.4, 0.5) is 0 Å². The molecule has 0 radical (unpaired) electrons. The van der Waals surface area contributed by atoms with Crippen LogP contribution in [0, 0.1) is 5.92 Å². The van der Waals surface area contributed by atoms with Crippen LogP contribution in [0.5, 0.6) is 0 Å². The summed E-state index contributed by atoms with van der Waals surface area (Å²) in [5.41, 5.74) is 4.64. The number of benzene rings is 3. The van der Waals surface area contributed by atoms with Crippen LogP contribution in [-0.2, 0) is 19.4 Å². The van der Waals surface area contributed by atoms with Crippen LogP contribution < -0.4 is 5.69 Å². The normalized spacial score (nSPS) is 11.2. The van der Waals surface area contributed by atoms with E-state index in [0.29, 0.717) is 30.1 Å². The minimum absolute atomic E-state index is 0.0315. The maximum atomic E-state index is 13.6. The van der Waals surface area contributed by atoms with Crippen LogP contribution in [0.15, 0.2) is 83.7 Å². The molecule has 9 heteroatoms. The summed E-state index contributed by atoms with van der Waals surface area (Å²) in [7, 11) is 0. The third-order valence-corrected chi connectivity index (χ3v) is 6.92. The van der Waals surface area contributed by atoms with Crippen LogP contribution in [-0.4, -0.2) is 42.0 Å².